The molecule has 6 nitrogen and oxygen atoms in total. The van der Waals surface area contributed by atoms with Gasteiger partial charge in [-0.1, -0.05) is 0 Å². The van der Waals surface area contributed by atoms with Gasteiger partial charge >= 0.3 is 5.63 Å². The highest BCUT2D eigenvalue weighted by Gasteiger charge is 2.15. The quantitative estimate of drug-likeness (QED) is 0.214. The standard InChI is InChI=1S/C11H10BN2O4S/c12-19-13-4-3-7-6-10-8(1-2-11(15)18-10)5-9(7)14(16)17/h1-2,5-6,12-13H,3-4H2/i12D. The van der Waals surface area contributed by atoms with Crippen LogP contribution >= 0.6 is 11.8 Å². The molecule has 0 aliphatic carbocycles. The van der Waals surface area contributed by atoms with E-state index in [0.29, 0.717) is 29.5 Å². The van der Waals surface area contributed by atoms with Gasteiger partial charge in [-0.3, -0.25) is 14.8 Å². The second-order valence-corrected chi connectivity index (χ2v) is 4.32. The van der Waals surface area contributed by atoms with Crippen LogP contribution in [0.2, 0.25) is 0 Å². The summed E-state index contributed by atoms with van der Waals surface area (Å²) in [7, 11) is 1.13. The lowest BCUT2D eigenvalue weighted by atomic mass is 10.1. The van der Waals surface area contributed by atoms with E-state index in [0.717, 1.165) is 18.9 Å². The van der Waals surface area contributed by atoms with Crippen LogP contribution in [0.3, 0.4) is 0 Å². The van der Waals surface area contributed by atoms with Gasteiger partial charge in [0.1, 0.15) is 5.58 Å². The van der Waals surface area contributed by atoms with Crippen molar-refractivity contribution in [3.8, 4) is 0 Å². The summed E-state index contributed by atoms with van der Waals surface area (Å²) < 4.78 is 14.7. The van der Waals surface area contributed by atoms with Gasteiger partial charge in [-0.25, -0.2) is 4.79 Å². The molecular formula is C11H10BN2O4S. The first-order chi connectivity index (χ1) is 9.61. The van der Waals surface area contributed by atoms with Crippen molar-refractivity contribution in [3.05, 3.63) is 50.4 Å². The van der Waals surface area contributed by atoms with Crippen LogP contribution in [0.15, 0.2) is 33.5 Å². The van der Waals surface area contributed by atoms with E-state index in [2.05, 4.69) is 4.72 Å². The fraction of sp³-hybridized carbons (Fsp3) is 0.182. The zero-order valence-electron chi connectivity index (χ0n) is 10.8. The Balaban J connectivity index is 2.36. The zero-order chi connectivity index (χ0) is 14.5. The monoisotopic (exact) mass is 278 g/mol. The number of hydrogen-bond acceptors (Lipinski definition) is 6. The van der Waals surface area contributed by atoms with Crippen LogP contribution in [0.1, 0.15) is 5.56 Å². The zero-order valence-corrected chi connectivity index (χ0v) is 10.6. The van der Waals surface area contributed by atoms with Gasteiger partial charge in [0.25, 0.3) is 5.69 Å². The number of nitro groups is 1. The normalized spacial score (nSPS) is 11.3. The lowest BCUT2D eigenvalue weighted by molar-refractivity contribution is -0.385. The second-order valence-electron chi connectivity index (χ2n) is 3.79. The Kier molecular flexibility index (Phi) is 3.80. The van der Waals surface area contributed by atoms with Gasteiger partial charge in [0.2, 0.25) is 0 Å². The van der Waals surface area contributed by atoms with Gasteiger partial charge in [-0.05, 0) is 19.9 Å². The SMILES string of the molecule is [2H][B]SNCCc1cc2oc(=O)ccc2cc1[N+](=O)[O-]. The minimum absolute atomic E-state index is 0.00648. The van der Waals surface area contributed by atoms with Crippen molar-refractivity contribution < 1.29 is 9.34 Å². The molecule has 19 heavy (non-hydrogen) atoms. The van der Waals surface area contributed by atoms with E-state index in [1.807, 2.05) is 0 Å². The Morgan fingerprint density at radius 3 is 3.11 bits per heavy atom. The smallest absolute Gasteiger partial charge is 0.336 e. The molecule has 1 aromatic carbocycles. The van der Waals surface area contributed by atoms with E-state index < -0.39 is 10.5 Å². The molecule has 0 aliphatic heterocycles. The van der Waals surface area contributed by atoms with Crippen LogP contribution in [0, 0.1) is 10.1 Å². The summed E-state index contributed by atoms with van der Waals surface area (Å²) in [6, 6.07) is 5.65. The van der Waals surface area contributed by atoms with Gasteiger partial charge in [-0.2, -0.15) is 0 Å². The first kappa shape index (κ1) is 12.2. The molecule has 0 spiro atoms. The van der Waals surface area contributed by atoms with E-state index in [-0.39, 0.29) is 5.69 Å². The Bertz CT molecular complexity index is 694. The first-order valence-electron chi connectivity index (χ1n) is 5.99. The molecular weight excluding hydrogens is 267 g/mol. The first-order valence-corrected chi connectivity index (χ1v) is 6.29. The molecule has 1 aromatic heterocycles. The Morgan fingerprint density at radius 2 is 2.37 bits per heavy atom. The minimum Gasteiger partial charge on any atom is -0.423 e. The highest BCUT2D eigenvalue weighted by atomic mass is 32.2. The third-order valence-electron chi connectivity index (χ3n) is 2.60. The molecule has 8 heteroatoms. The molecule has 0 aliphatic rings. The fourth-order valence-corrected chi connectivity index (χ4v) is 1.98. The maximum atomic E-state index is 11.2. The average Bonchev–Trinajstić information content (AvgIpc) is 2.42. The summed E-state index contributed by atoms with van der Waals surface area (Å²) in [5.41, 5.74) is 0.315. The topological polar surface area (TPSA) is 85.4 Å². The molecule has 2 rings (SSSR count). The number of fused-ring (bicyclic) bond motifs is 1. The second kappa shape index (κ2) is 5.90. The minimum atomic E-state index is -0.491. The molecule has 0 saturated carbocycles. The molecule has 0 bridgehead atoms. The van der Waals surface area contributed by atoms with E-state index in [1.165, 1.54) is 24.3 Å². The highest BCUT2D eigenvalue weighted by molar-refractivity contribution is 8.18. The maximum absolute atomic E-state index is 11.2. The van der Waals surface area contributed by atoms with Crippen LogP contribution in [0.4, 0.5) is 5.69 Å². The summed E-state index contributed by atoms with van der Waals surface area (Å²) in [6.45, 7) is 0.462. The molecule has 2 aromatic rings. The third-order valence-corrected chi connectivity index (χ3v) is 2.97. The molecule has 1 radical (unpaired) electrons. The predicted octanol–water partition coefficient (Wildman–Crippen LogP) is 1.30. The van der Waals surface area contributed by atoms with Crippen LogP contribution in [-0.4, -0.2) is 19.9 Å². The number of benzene rings is 1. The molecule has 0 unspecified atom stereocenters. The number of rotatable bonds is 6. The van der Waals surface area contributed by atoms with Gasteiger partial charge in [-0.15, -0.1) is 11.8 Å². The van der Waals surface area contributed by atoms with Crippen molar-refractivity contribution in [1.82, 2.24) is 4.72 Å². The van der Waals surface area contributed by atoms with Crippen molar-refractivity contribution >= 4 is 35.5 Å². The van der Waals surface area contributed by atoms with E-state index >= 15 is 0 Å². The largest absolute Gasteiger partial charge is 0.423 e. The Morgan fingerprint density at radius 1 is 1.53 bits per heavy atom. The Hall–Kier alpha value is -1.80. The molecule has 0 amide bonds. The van der Waals surface area contributed by atoms with E-state index in [4.69, 9.17) is 5.75 Å². The van der Waals surface area contributed by atoms with Gasteiger partial charge < -0.3 is 4.42 Å². The molecule has 97 valence electrons. The maximum Gasteiger partial charge on any atom is 0.336 e. The lowest BCUT2D eigenvalue weighted by Gasteiger charge is -2.05. The summed E-state index contributed by atoms with van der Waals surface area (Å²) in [6.07, 6.45) is 0.395. The van der Waals surface area contributed by atoms with Gasteiger partial charge in [0.05, 0.1) is 4.92 Å². The van der Waals surface area contributed by atoms with Crippen LogP contribution < -0.4 is 10.3 Å². The van der Waals surface area contributed by atoms with E-state index in [9.17, 15) is 14.9 Å². The van der Waals surface area contributed by atoms with Crippen molar-refractivity contribution in [2.45, 2.75) is 6.42 Å². The van der Waals surface area contributed by atoms with Crippen molar-refractivity contribution in [2.75, 3.05) is 6.54 Å². The van der Waals surface area contributed by atoms with E-state index in [1.54, 1.807) is 0 Å². The molecule has 1 N–H and O–H groups in total. The third kappa shape index (κ3) is 3.15. The summed E-state index contributed by atoms with van der Waals surface area (Å²) >= 11 is 1.10. The number of nitrogens with zero attached hydrogens (tertiary/aromatic N) is 1. The van der Waals surface area contributed by atoms with Crippen molar-refractivity contribution in [1.29, 1.82) is 1.34 Å². The highest BCUT2D eigenvalue weighted by Crippen LogP contribution is 2.25. The van der Waals surface area contributed by atoms with Gasteiger partial charge in [0.15, 0.2) is 7.09 Å². The molecule has 0 saturated heterocycles. The lowest BCUT2D eigenvalue weighted by Crippen LogP contribution is -2.09. The molecule has 0 atom stereocenters. The summed E-state index contributed by atoms with van der Waals surface area (Å²) in [4.78, 5) is 21.8. The van der Waals surface area contributed by atoms with Crippen LogP contribution in [0.5, 0.6) is 0 Å². The number of nitrogens with one attached hydrogen (secondary N) is 1. The fourth-order valence-electron chi connectivity index (χ4n) is 1.76. The Labute approximate surface area is 115 Å². The molecule has 0 fully saturated rings. The number of hydrogen-bond donors (Lipinski definition) is 1. The van der Waals surface area contributed by atoms with Crippen molar-refractivity contribution in [3.63, 3.8) is 0 Å². The summed E-state index contributed by atoms with van der Waals surface area (Å²) in [5.74, 6) is 0. The van der Waals surface area contributed by atoms with Gasteiger partial charge in [0, 0.05) is 29.6 Å². The van der Waals surface area contributed by atoms with Crippen LogP contribution in [-0.2, 0) is 6.42 Å². The average molecular weight is 278 g/mol. The predicted molar refractivity (Wildman–Crippen MR) is 75.6 cm³/mol. The number of nitro benzene ring substituents is 1. The molecule has 1 heterocycles. The van der Waals surface area contributed by atoms with Crippen molar-refractivity contribution in [2.24, 2.45) is 0 Å². The summed E-state index contributed by atoms with van der Waals surface area (Å²) in [5, 5.41) is 11.6. The van der Waals surface area contributed by atoms with Crippen LogP contribution in [0.25, 0.3) is 11.0 Å².